The van der Waals surface area contributed by atoms with Gasteiger partial charge >= 0.3 is 0 Å². The van der Waals surface area contributed by atoms with Crippen LogP contribution < -0.4 is 10.2 Å². The molecule has 31 heavy (non-hydrogen) atoms. The Bertz CT molecular complexity index is 1070. The molecule has 0 bridgehead atoms. The normalized spacial score (nSPS) is 14.3. The van der Waals surface area contributed by atoms with Crippen LogP contribution in [-0.4, -0.2) is 49.8 Å². The highest BCUT2D eigenvalue weighted by Gasteiger charge is 2.19. The molecule has 1 amide bonds. The Morgan fingerprint density at radius 1 is 0.806 bits per heavy atom. The molecule has 0 aromatic heterocycles. The van der Waals surface area contributed by atoms with Crippen molar-refractivity contribution in [2.75, 3.05) is 43.4 Å². The lowest BCUT2D eigenvalue weighted by Gasteiger charge is -2.34. The van der Waals surface area contributed by atoms with E-state index in [1.807, 2.05) is 24.3 Å². The van der Waals surface area contributed by atoms with Crippen LogP contribution in [0.25, 0.3) is 0 Å². The summed E-state index contributed by atoms with van der Waals surface area (Å²) in [4.78, 5) is 30.5. The fourth-order valence-electron chi connectivity index (χ4n) is 3.65. The van der Waals surface area contributed by atoms with Gasteiger partial charge < -0.3 is 15.1 Å². The molecule has 5 nitrogen and oxygen atoms in total. The summed E-state index contributed by atoms with van der Waals surface area (Å²) >= 11 is 5.92. The fourth-order valence-corrected chi connectivity index (χ4v) is 3.78. The second-order valence-electron chi connectivity index (χ2n) is 7.67. The summed E-state index contributed by atoms with van der Waals surface area (Å²) in [6.07, 6.45) is 0. The number of hydrogen-bond donors (Lipinski definition) is 1. The van der Waals surface area contributed by atoms with E-state index in [0.29, 0.717) is 27.4 Å². The van der Waals surface area contributed by atoms with E-state index in [1.165, 1.54) is 0 Å². The van der Waals surface area contributed by atoms with E-state index < -0.39 is 0 Å². The topological polar surface area (TPSA) is 52.6 Å². The van der Waals surface area contributed by atoms with E-state index in [0.717, 1.165) is 31.9 Å². The minimum Gasteiger partial charge on any atom is -0.369 e. The number of ketones is 1. The molecule has 0 radical (unpaired) electrons. The van der Waals surface area contributed by atoms with E-state index in [2.05, 4.69) is 22.2 Å². The molecular weight excluding hydrogens is 410 g/mol. The molecule has 6 heteroatoms. The summed E-state index contributed by atoms with van der Waals surface area (Å²) in [5.41, 5.74) is 3.02. The quantitative estimate of drug-likeness (QED) is 0.598. The van der Waals surface area contributed by atoms with Crippen molar-refractivity contribution in [2.24, 2.45) is 0 Å². The van der Waals surface area contributed by atoms with Crippen LogP contribution in [0.4, 0.5) is 11.4 Å². The van der Waals surface area contributed by atoms with Crippen molar-refractivity contribution in [1.29, 1.82) is 0 Å². The second kappa shape index (κ2) is 9.33. The molecule has 1 saturated heterocycles. The number of carbonyl (C=O) groups is 2. The number of nitrogens with one attached hydrogen (secondary N) is 1. The molecular formula is C25H24ClN3O2. The zero-order chi connectivity index (χ0) is 21.8. The Morgan fingerprint density at radius 2 is 1.42 bits per heavy atom. The molecule has 1 aliphatic heterocycles. The van der Waals surface area contributed by atoms with Gasteiger partial charge in [0.2, 0.25) is 0 Å². The Labute approximate surface area is 187 Å². The molecule has 0 saturated carbocycles. The molecule has 0 unspecified atom stereocenters. The largest absolute Gasteiger partial charge is 0.369 e. The smallest absolute Gasteiger partial charge is 0.256 e. The van der Waals surface area contributed by atoms with Gasteiger partial charge in [-0.15, -0.1) is 0 Å². The minimum absolute atomic E-state index is 0.215. The summed E-state index contributed by atoms with van der Waals surface area (Å²) in [7, 11) is 2.13. The van der Waals surface area contributed by atoms with Crippen LogP contribution in [0, 0.1) is 0 Å². The second-order valence-corrected chi connectivity index (χ2v) is 8.11. The third-order valence-electron chi connectivity index (χ3n) is 5.52. The van der Waals surface area contributed by atoms with E-state index in [1.54, 1.807) is 48.5 Å². The van der Waals surface area contributed by atoms with Crippen molar-refractivity contribution in [3.05, 3.63) is 94.5 Å². The standard InChI is InChI=1S/C25H24ClN3O2/c1-28-14-16-29(17-15-28)21-12-10-20(11-13-21)27-25(31)23-5-3-2-4-22(23)24(30)18-6-8-19(26)9-7-18/h2-13H,14-17H2,1H3,(H,27,31). The maximum atomic E-state index is 12.9. The SMILES string of the molecule is CN1CCN(c2ccc(NC(=O)c3ccccc3C(=O)c3ccc(Cl)cc3)cc2)CC1. The van der Waals surface area contributed by atoms with Gasteiger partial charge in [-0.2, -0.15) is 0 Å². The zero-order valence-corrected chi connectivity index (χ0v) is 18.1. The molecule has 4 rings (SSSR count). The van der Waals surface area contributed by atoms with E-state index >= 15 is 0 Å². The van der Waals surface area contributed by atoms with Gasteiger partial charge in [0.05, 0.1) is 5.56 Å². The first-order chi connectivity index (χ1) is 15.0. The van der Waals surface area contributed by atoms with Crippen LogP contribution in [0.2, 0.25) is 5.02 Å². The number of likely N-dealkylation sites (N-methyl/N-ethyl adjacent to an activating group) is 1. The first-order valence-electron chi connectivity index (χ1n) is 10.3. The highest BCUT2D eigenvalue weighted by molar-refractivity contribution is 6.30. The van der Waals surface area contributed by atoms with Gasteiger partial charge in [0.1, 0.15) is 0 Å². The zero-order valence-electron chi connectivity index (χ0n) is 17.3. The third kappa shape index (κ3) is 4.95. The third-order valence-corrected chi connectivity index (χ3v) is 5.77. The van der Waals surface area contributed by atoms with Crippen LogP contribution in [0.5, 0.6) is 0 Å². The number of carbonyl (C=O) groups excluding carboxylic acids is 2. The monoisotopic (exact) mass is 433 g/mol. The number of benzene rings is 3. The van der Waals surface area contributed by atoms with E-state index in [9.17, 15) is 9.59 Å². The molecule has 3 aromatic carbocycles. The van der Waals surface area contributed by atoms with E-state index in [4.69, 9.17) is 11.6 Å². The minimum atomic E-state index is -0.315. The maximum Gasteiger partial charge on any atom is 0.256 e. The summed E-state index contributed by atoms with van der Waals surface area (Å²) < 4.78 is 0. The number of piperazine rings is 1. The van der Waals surface area contributed by atoms with Crippen molar-refractivity contribution in [3.8, 4) is 0 Å². The van der Waals surface area contributed by atoms with Gasteiger partial charge in [-0.25, -0.2) is 0 Å². The average Bonchev–Trinajstić information content (AvgIpc) is 2.80. The lowest BCUT2D eigenvalue weighted by Crippen LogP contribution is -2.44. The Hall–Kier alpha value is -3.15. The first kappa shape index (κ1) is 21.1. The summed E-state index contributed by atoms with van der Waals surface area (Å²) in [5.74, 6) is -0.530. The average molecular weight is 434 g/mol. The molecule has 3 aromatic rings. The van der Waals surface area contributed by atoms with Gasteiger partial charge in [0.15, 0.2) is 5.78 Å². The van der Waals surface area contributed by atoms with Gasteiger partial charge in [0, 0.05) is 53.7 Å². The van der Waals surface area contributed by atoms with Gasteiger partial charge in [-0.1, -0.05) is 29.8 Å². The maximum absolute atomic E-state index is 12.9. The molecule has 1 heterocycles. The highest BCUT2D eigenvalue weighted by atomic mass is 35.5. The number of hydrogen-bond acceptors (Lipinski definition) is 4. The Kier molecular flexibility index (Phi) is 6.35. The van der Waals surface area contributed by atoms with Gasteiger partial charge in [0.25, 0.3) is 5.91 Å². The predicted molar refractivity (Wildman–Crippen MR) is 125 cm³/mol. The number of rotatable bonds is 5. The fraction of sp³-hybridized carbons (Fsp3) is 0.200. The lowest BCUT2D eigenvalue weighted by molar-refractivity contribution is 0.0996. The molecule has 158 valence electrons. The molecule has 1 N–H and O–H groups in total. The van der Waals surface area contributed by atoms with Crippen LogP contribution in [0.1, 0.15) is 26.3 Å². The van der Waals surface area contributed by atoms with Crippen molar-refractivity contribution < 1.29 is 9.59 Å². The number of amides is 1. The Balaban J connectivity index is 1.49. The van der Waals surface area contributed by atoms with Crippen molar-refractivity contribution in [2.45, 2.75) is 0 Å². The number of nitrogens with zero attached hydrogens (tertiary/aromatic N) is 2. The van der Waals surface area contributed by atoms with Crippen molar-refractivity contribution >= 4 is 34.7 Å². The van der Waals surface area contributed by atoms with Crippen molar-refractivity contribution in [1.82, 2.24) is 4.90 Å². The van der Waals surface area contributed by atoms with Crippen LogP contribution >= 0.6 is 11.6 Å². The molecule has 1 fully saturated rings. The Morgan fingerprint density at radius 3 is 2.06 bits per heavy atom. The molecule has 0 atom stereocenters. The number of anilines is 2. The van der Waals surface area contributed by atoms with E-state index in [-0.39, 0.29) is 11.7 Å². The van der Waals surface area contributed by atoms with Crippen molar-refractivity contribution in [3.63, 3.8) is 0 Å². The van der Waals surface area contributed by atoms with Gasteiger partial charge in [-0.3, -0.25) is 9.59 Å². The van der Waals surface area contributed by atoms with Gasteiger partial charge in [-0.05, 0) is 61.6 Å². The lowest BCUT2D eigenvalue weighted by atomic mass is 9.98. The molecule has 0 aliphatic carbocycles. The van der Waals surface area contributed by atoms with Crippen LogP contribution in [-0.2, 0) is 0 Å². The summed E-state index contributed by atoms with van der Waals surface area (Å²) in [6.45, 7) is 4.05. The van der Waals surface area contributed by atoms with Crippen LogP contribution in [0.15, 0.2) is 72.8 Å². The summed E-state index contributed by atoms with van der Waals surface area (Å²) in [6, 6.07) is 21.3. The molecule has 1 aliphatic rings. The predicted octanol–water partition coefficient (Wildman–Crippen LogP) is 4.58. The number of halogens is 1. The van der Waals surface area contributed by atoms with Crippen LogP contribution in [0.3, 0.4) is 0 Å². The first-order valence-corrected chi connectivity index (χ1v) is 10.6. The summed E-state index contributed by atoms with van der Waals surface area (Å²) in [5, 5.41) is 3.47. The highest BCUT2D eigenvalue weighted by Crippen LogP contribution is 2.21. The molecule has 0 spiro atoms.